The van der Waals surface area contributed by atoms with E-state index in [9.17, 15) is 9.59 Å². The fourth-order valence-electron chi connectivity index (χ4n) is 5.62. The zero-order valence-electron chi connectivity index (χ0n) is 28.7. The lowest BCUT2D eigenvalue weighted by atomic mass is 9.85. The number of benzene rings is 1. The van der Waals surface area contributed by atoms with Gasteiger partial charge in [0.25, 0.3) is 5.91 Å². The van der Waals surface area contributed by atoms with Crippen molar-refractivity contribution in [2.75, 3.05) is 32.5 Å². The van der Waals surface area contributed by atoms with Gasteiger partial charge in [-0.05, 0) is 63.2 Å². The molecule has 12 heteroatoms. The van der Waals surface area contributed by atoms with Crippen LogP contribution in [0.5, 0.6) is 5.75 Å². The number of ether oxygens (including phenoxy) is 1. The van der Waals surface area contributed by atoms with Crippen molar-refractivity contribution < 1.29 is 14.3 Å². The molecule has 0 fully saturated rings. The minimum Gasteiger partial charge on any atom is -0.484 e. The van der Waals surface area contributed by atoms with Crippen LogP contribution in [-0.4, -0.2) is 68.6 Å². The largest absolute Gasteiger partial charge is 0.484 e. The smallest absolute Gasteiger partial charge is 0.320 e. The molecule has 1 aliphatic carbocycles. The van der Waals surface area contributed by atoms with Crippen LogP contribution >= 0.6 is 0 Å². The van der Waals surface area contributed by atoms with Gasteiger partial charge in [0, 0.05) is 23.4 Å². The molecule has 0 bridgehead atoms. The number of rotatable bonds is 9. The Morgan fingerprint density at radius 3 is 2.40 bits per heavy atom. The van der Waals surface area contributed by atoms with E-state index in [1.54, 1.807) is 6.07 Å². The molecule has 3 heterocycles. The molecule has 0 unspecified atom stereocenters. The highest BCUT2D eigenvalue weighted by Crippen LogP contribution is 2.39. The standard InChI is InChI=1S/C35H47N9O3/c1-34(2,3)27-20-28(39-30(38-27)31(45)36-18-11-19-43(7)8)40-33(46)37-25-15-16-26(24-13-10-9-12-23(24)25)47-22-14-17-29-41-42-32(35(4,5)6)44(29)21-22/h9-10,12-14,17,20-21,25-26H,11,15-16,18-19H2,1-8H3,(H,36,45)(H2,37,38,39,40,46)/t25-,26+/m0/s1. The number of urea groups is 1. The summed E-state index contributed by atoms with van der Waals surface area (Å²) in [6, 6.07) is 12.9. The van der Waals surface area contributed by atoms with Gasteiger partial charge in [-0.25, -0.2) is 14.8 Å². The molecule has 1 aromatic carbocycles. The molecule has 3 N–H and O–H groups in total. The number of fused-ring (bicyclic) bond motifs is 2. The van der Waals surface area contributed by atoms with E-state index in [4.69, 9.17) is 4.74 Å². The third-order valence-corrected chi connectivity index (χ3v) is 8.07. The normalized spacial score (nSPS) is 16.5. The van der Waals surface area contributed by atoms with E-state index in [0.29, 0.717) is 25.1 Å². The van der Waals surface area contributed by atoms with E-state index < -0.39 is 6.03 Å². The Morgan fingerprint density at radius 2 is 1.70 bits per heavy atom. The monoisotopic (exact) mass is 641 g/mol. The molecule has 47 heavy (non-hydrogen) atoms. The van der Waals surface area contributed by atoms with Crippen LogP contribution in [0.15, 0.2) is 48.7 Å². The summed E-state index contributed by atoms with van der Waals surface area (Å²) in [5.74, 6) is 1.51. The van der Waals surface area contributed by atoms with Gasteiger partial charge >= 0.3 is 6.03 Å². The number of anilines is 1. The van der Waals surface area contributed by atoms with Crippen molar-refractivity contribution in [2.45, 2.75) is 83.8 Å². The van der Waals surface area contributed by atoms with Crippen LogP contribution in [0.3, 0.4) is 0 Å². The lowest BCUT2D eigenvalue weighted by Crippen LogP contribution is -2.36. The van der Waals surface area contributed by atoms with Crippen molar-refractivity contribution in [1.29, 1.82) is 0 Å². The van der Waals surface area contributed by atoms with Gasteiger partial charge in [-0.3, -0.25) is 14.5 Å². The lowest BCUT2D eigenvalue weighted by molar-refractivity contribution is 0.0941. The quantitative estimate of drug-likeness (QED) is 0.202. The Labute approximate surface area is 276 Å². The molecule has 0 saturated carbocycles. The third-order valence-electron chi connectivity index (χ3n) is 8.07. The fraction of sp³-hybridized carbons (Fsp3) is 0.486. The molecule has 3 amide bonds. The van der Waals surface area contributed by atoms with Gasteiger partial charge in [-0.15, -0.1) is 10.2 Å². The van der Waals surface area contributed by atoms with E-state index in [1.807, 2.05) is 81.9 Å². The Kier molecular flexibility index (Phi) is 9.81. The SMILES string of the molecule is CN(C)CCCNC(=O)c1nc(NC(=O)N[C@H]2CC[C@@H](Oc3ccc4nnc(C(C)(C)C)n4c3)c3ccccc32)cc(C(C)(C)C)n1. The maximum absolute atomic E-state index is 13.4. The minimum absolute atomic E-state index is 0.0277. The van der Waals surface area contributed by atoms with Crippen molar-refractivity contribution in [3.05, 3.63) is 77.1 Å². The van der Waals surface area contributed by atoms with Gasteiger partial charge in [-0.1, -0.05) is 65.8 Å². The summed E-state index contributed by atoms with van der Waals surface area (Å²) in [6.07, 6.45) is 3.94. The summed E-state index contributed by atoms with van der Waals surface area (Å²) in [4.78, 5) is 37.3. The average Bonchev–Trinajstić information content (AvgIpc) is 3.44. The summed E-state index contributed by atoms with van der Waals surface area (Å²) in [7, 11) is 3.98. The highest BCUT2D eigenvalue weighted by molar-refractivity contribution is 5.92. The van der Waals surface area contributed by atoms with E-state index in [2.05, 4.69) is 61.8 Å². The van der Waals surface area contributed by atoms with Crippen LogP contribution in [0.2, 0.25) is 0 Å². The molecule has 3 aromatic heterocycles. The fourth-order valence-corrected chi connectivity index (χ4v) is 5.62. The molecular weight excluding hydrogens is 594 g/mol. The van der Waals surface area contributed by atoms with Crippen LogP contribution in [-0.2, 0) is 10.8 Å². The van der Waals surface area contributed by atoms with E-state index >= 15 is 0 Å². The van der Waals surface area contributed by atoms with Crippen LogP contribution in [0.1, 0.15) is 106 Å². The molecule has 4 aromatic rings. The second-order valence-electron chi connectivity index (χ2n) is 14.5. The van der Waals surface area contributed by atoms with Crippen molar-refractivity contribution in [3.63, 3.8) is 0 Å². The maximum Gasteiger partial charge on any atom is 0.320 e. The molecule has 0 spiro atoms. The summed E-state index contributed by atoms with van der Waals surface area (Å²) in [5, 5.41) is 17.6. The number of amides is 3. The van der Waals surface area contributed by atoms with Crippen molar-refractivity contribution >= 4 is 23.4 Å². The highest BCUT2D eigenvalue weighted by Gasteiger charge is 2.30. The molecule has 12 nitrogen and oxygen atoms in total. The van der Waals surface area contributed by atoms with Gasteiger partial charge in [0.1, 0.15) is 23.5 Å². The lowest BCUT2D eigenvalue weighted by Gasteiger charge is -2.32. The highest BCUT2D eigenvalue weighted by atomic mass is 16.5. The Balaban J connectivity index is 1.29. The van der Waals surface area contributed by atoms with Gasteiger partial charge in [0.15, 0.2) is 5.65 Å². The number of pyridine rings is 1. The average molecular weight is 642 g/mol. The summed E-state index contributed by atoms with van der Waals surface area (Å²) >= 11 is 0. The molecule has 0 aliphatic heterocycles. The second kappa shape index (κ2) is 13.6. The van der Waals surface area contributed by atoms with E-state index in [0.717, 1.165) is 41.3 Å². The van der Waals surface area contributed by atoms with Gasteiger partial charge in [-0.2, -0.15) is 0 Å². The number of nitrogens with one attached hydrogen (secondary N) is 3. The second-order valence-corrected chi connectivity index (χ2v) is 14.5. The van der Waals surface area contributed by atoms with Crippen molar-refractivity contribution in [2.24, 2.45) is 0 Å². The Bertz CT molecular complexity index is 1740. The van der Waals surface area contributed by atoms with Crippen LogP contribution in [0, 0.1) is 0 Å². The number of hydrogen-bond acceptors (Lipinski definition) is 8. The molecule has 1 aliphatic rings. The number of nitrogens with zero attached hydrogens (tertiary/aromatic N) is 6. The first-order chi connectivity index (χ1) is 22.2. The number of carbonyl (C=O) groups is 2. The zero-order valence-corrected chi connectivity index (χ0v) is 28.7. The van der Waals surface area contributed by atoms with E-state index in [-0.39, 0.29) is 40.5 Å². The van der Waals surface area contributed by atoms with Crippen LogP contribution in [0.4, 0.5) is 10.6 Å². The topological polar surface area (TPSA) is 139 Å². The van der Waals surface area contributed by atoms with Crippen molar-refractivity contribution in [1.82, 2.24) is 40.1 Å². The predicted octanol–water partition coefficient (Wildman–Crippen LogP) is 5.57. The number of aromatic nitrogens is 5. The van der Waals surface area contributed by atoms with Crippen LogP contribution < -0.4 is 20.7 Å². The van der Waals surface area contributed by atoms with Gasteiger partial charge < -0.3 is 20.3 Å². The maximum atomic E-state index is 13.4. The summed E-state index contributed by atoms with van der Waals surface area (Å²) in [5.41, 5.74) is 2.91. The zero-order chi connectivity index (χ0) is 33.9. The van der Waals surface area contributed by atoms with Crippen LogP contribution in [0.25, 0.3) is 5.65 Å². The van der Waals surface area contributed by atoms with Gasteiger partial charge in [0.2, 0.25) is 5.82 Å². The number of hydrogen-bond donors (Lipinski definition) is 3. The first-order valence-electron chi connectivity index (χ1n) is 16.2. The molecule has 5 rings (SSSR count). The third kappa shape index (κ3) is 8.23. The van der Waals surface area contributed by atoms with E-state index in [1.165, 1.54) is 0 Å². The first-order valence-corrected chi connectivity index (χ1v) is 16.2. The Morgan fingerprint density at radius 1 is 0.957 bits per heavy atom. The Hall–Kier alpha value is -4.58. The minimum atomic E-state index is -0.409. The summed E-state index contributed by atoms with van der Waals surface area (Å²) in [6.45, 7) is 13.7. The molecule has 250 valence electrons. The molecular formula is C35H47N9O3. The number of carbonyl (C=O) groups excluding carboxylic acids is 2. The summed E-state index contributed by atoms with van der Waals surface area (Å²) < 4.78 is 8.52. The van der Waals surface area contributed by atoms with Crippen molar-refractivity contribution in [3.8, 4) is 5.75 Å². The first kappa shape index (κ1) is 33.8. The molecule has 0 saturated heterocycles. The van der Waals surface area contributed by atoms with Gasteiger partial charge in [0.05, 0.1) is 17.9 Å². The predicted molar refractivity (Wildman–Crippen MR) is 182 cm³/mol. The molecule has 0 radical (unpaired) electrons. The molecule has 2 atom stereocenters.